The van der Waals surface area contributed by atoms with Gasteiger partial charge in [-0.25, -0.2) is 0 Å². The number of hydrogen-bond acceptors (Lipinski definition) is 3. The summed E-state index contributed by atoms with van der Waals surface area (Å²) >= 11 is 0. The van der Waals surface area contributed by atoms with Crippen LogP contribution >= 0.6 is 0 Å². The number of nitrogens with one attached hydrogen (secondary N) is 2. The Balaban J connectivity index is 2.05. The van der Waals surface area contributed by atoms with E-state index in [0.29, 0.717) is 12.1 Å². The highest BCUT2D eigenvalue weighted by Gasteiger charge is 2.36. The molecule has 1 aromatic carbocycles. The molecule has 1 aromatic rings. The molecule has 1 aliphatic heterocycles. The molecular formula is C16H25N3O. The molecule has 4 nitrogen and oxygen atoms in total. The van der Waals surface area contributed by atoms with E-state index in [0.717, 1.165) is 19.5 Å². The van der Waals surface area contributed by atoms with Gasteiger partial charge >= 0.3 is 0 Å². The summed E-state index contributed by atoms with van der Waals surface area (Å²) in [5, 5.41) is 6.33. The fourth-order valence-corrected chi connectivity index (χ4v) is 2.93. The van der Waals surface area contributed by atoms with Crippen LogP contribution in [0.4, 0.5) is 0 Å². The first-order chi connectivity index (χ1) is 9.60. The molecule has 2 rings (SSSR count). The number of likely N-dealkylation sites (tertiary alicyclic amines) is 1. The summed E-state index contributed by atoms with van der Waals surface area (Å²) in [5.41, 5.74) is 1.26. The Morgan fingerprint density at radius 2 is 2.05 bits per heavy atom. The maximum Gasteiger partial charge on any atom is 0.237 e. The topological polar surface area (TPSA) is 44.4 Å². The molecule has 1 fully saturated rings. The van der Waals surface area contributed by atoms with E-state index in [4.69, 9.17) is 0 Å². The third kappa shape index (κ3) is 3.81. The molecule has 0 unspecified atom stereocenters. The first kappa shape index (κ1) is 15.0. The number of nitrogens with zero attached hydrogens (tertiary/aromatic N) is 1. The second-order valence-corrected chi connectivity index (χ2v) is 5.80. The fraction of sp³-hybridized carbons (Fsp3) is 0.562. The zero-order valence-electron chi connectivity index (χ0n) is 12.6. The number of likely N-dealkylation sites (N-methyl/N-ethyl adjacent to an activating group) is 1. The van der Waals surface area contributed by atoms with Gasteiger partial charge in [0.25, 0.3) is 0 Å². The summed E-state index contributed by atoms with van der Waals surface area (Å²) in [4.78, 5) is 14.3. The number of carbonyl (C=O) groups is 1. The Morgan fingerprint density at radius 3 is 2.65 bits per heavy atom. The zero-order chi connectivity index (χ0) is 14.5. The maximum atomic E-state index is 12.1. The van der Waals surface area contributed by atoms with Gasteiger partial charge in [-0.15, -0.1) is 0 Å². The van der Waals surface area contributed by atoms with Crippen LogP contribution < -0.4 is 10.6 Å². The number of benzene rings is 1. The highest BCUT2D eigenvalue weighted by Crippen LogP contribution is 2.21. The quantitative estimate of drug-likeness (QED) is 0.853. The molecule has 2 atom stereocenters. The van der Waals surface area contributed by atoms with E-state index in [9.17, 15) is 4.79 Å². The summed E-state index contributed by atoms with van der Waals surface area (Å²) in [6.07, 6.45) is 0.880. The molecule has 0 saturated carbocycles. The van der Waals surface area contributed by atoms with E-state index < -0.39 is 0 Å². The largest absolute Gasteiger partial charge is 0.358 e. The summed E-state index contributed by atoms with van der Waals surface area (Å²) in [6, 6.07) is 11.1. The fourth-order valence-electron chi connectivity index (χ4n) is 2.93. The number of amides is 1. The second-order valence-electron chi connectivity index (χ2n) is 5.80. The maximum absolute atomic E-state index is 12.1. The van der Waals surface area contributed by atoms with E-state index in [1.165, 1.54) is 5.56 Å². The molecule has 0 bridgehead atoms. The zero-order valence-corrected chi connectivity index (χ0v) is 12.6. The lowest BCUT2D eigenvalue weighted by atomic mass is 10.1. The van der Waals surface area contributed by atoms with Crippen molar-refractivity contribution >= 4 is 5.91 Å². The van der Waals surface area contributed by atoms with Gasteiger partial charge in [-0.05, 0) is 12.0 Å². The smallest absolute Gasteiger partial charge is 0.237 e. The van der Waals surface area contributed by atoms with Crippen LogP contribution in [0.15, 0.2) is 30.3 Å². The van der Waals surface area contributed by atoms with Crippen molar-refractivity contribution < 1.29 is 4.79 Å². The first-order valence-corrected chi connectivity index (χ1v) is 7.35. The Hall–Kier alpha value is -1.39. The van der Waals surface area contributed by atoms with Crippen LogP contribution in [0.3, 0.4) is 0 Å². The van der Waals surface area contributed by atoms with E-state index in [2.05, 4.69) is 41.5 Å². The standard InChI is InChI=1S/C16H25N3O/c1-12(2)18-14-9-15(16(20)17-3)19(11-14)10-13-7-5-4-6-8-13/h4-8,12,14-15,18H,9-11H2,1-3H3,(H,17,20)/t14-,15+/m1/s1. The lowest BCUT2D eigenvalue weighted by molar-refractivity contribution is -0.125. The van der Waals surface area contributed by atoms with Crippen molar-refractivity contribution in [2.45, 2.75) is 44.9 Å². The van der Waals surface area contributed by atoms with Gasteiger partial charge < -0.3 is 10.6 Å². The van der Waals surface area contributed by atoms with E-state index in [-0.39, 0.29) is 11.9 Å². The van der Waals surface area contributed by atoms with Gasteiger partial charge in [0.1, 0.15) is 0 Å². The third-order valence-electron chi connectivity index (χ3n) is 3.75. The summed E-state index contributed by atoms with van der Waals surface area (Å²) in [6.45, 7) is 6.05. The Morgan fingerprint density at radius 1 is 1.35 bits per heavy atom. The monoisotopic (exact) mass is 275 g/mol. The average Bonchev–Trinajstić information content (AvgIpc) is 2.80. The first-order valence-electron chi connectivity index (χ1n) is 7.35. The van der Waals surface area contributed by atoms with E-state index >= 15 is 0 Å². The Kier molecular flexibility index (Phi) is 5.15. The van der Waals surface area contributed by atoms with Crippen molar-refractivity contribution in [3.8, 4) is 0 Å². The predicted molar refractivity (Wildman–Crippen MR) is 81.4 cm³/mol. The summed E-state index contributed by atoms with van der Waals surface area (Å²) in [7, 11) is 1.71. The number of rotatable bonds is 5. The van der Waals surface area contributed by atoms with Gasteiger partial charge in [0.15, 0.2) is 0 Å². The van der Waals surface area contributed by atoms with Gasteiger partial charge in [0.05, 0.1) is 6.04 Å². The third-order valence-corrected chi connectivity index (χ3v) is 3.75. The molecule has 1 amide bonds. The minimum atomic E-state index is -0.0311. The van der Waals surface area contributed by atoms with Crippen LogP contribution in [-0.2, 0) is 11.3 Å². The number of hydrogen-bond donors (Lipinski definition) is 2. The van der Waals surface area contributed by atoms with E-state index in [1.807, 2.05) is 18.2 Å². The molecule has 20 heavy (non-hydrogen) atoms. The normalized spacial score (nSPS) is 23.2. The lowest BCUT2D eigenvalue weighted by Crippen LogP contribution is -2.41. The van der Waals surface area contributed by atoms with Crippen LogP contribution in [0, 0.1) is 0 Å². The molecule has 110 valence electrons. The average molecular weight is 275 g/mol. The minimum Gasteiger partial charge on any atom is -0.358 e. The lowest BCUT2D eigenvalue weighted by Gasteiger charge is -2.23. The van der Waals surface area contributed by atoms with Crippen molar-refractivity contribution in [3.63, 3.8) is 0 Å². The molecule has 0 aromatic heterocycles. The SMILES string of the molecule is CNC(=O)[C@@H]1C[C@@H](NC(C)C)CN1Cc1ccccc1. The molecule has 0 aliphatic carbocycles. The number of carbonyl (C=O) groups excluding carboxylic acids is 1. The van der Waals surface area contributed by atoms with Gasteiger partial charge in [-0.2, -0.15) is 0 Å². The van der Waals surface area contributed by atoms with Gasteiger partial charge in [-0.3, -0.25) is 9.69 Å². The molecule has 1 saturated heterocycles. The van der Waals surface area contributed by atoms with Crippen LogP contribution in [0.5, 0.6) is 0 Å². The molecule has 2 N–H and O–H groups in total. The Labute approximate surface area is 121 Å². The van der Waals surface area contributed by atoms with Crippen molar-refractivity contribution in [2.75, 3.05) is 13.6 Å². The van der Waals surface area contributed by atoms with Gasteiger partial charge in [0, 0.05) is 32.2 Å². The van der Waals surface area contributed by atoms with Crippen LogP contribution in [-0.4, -0.2) is 42.5 Å². The predicted octanol–water partition coefficient (Wildman–Crippen LogP) is 1.37. The summed E-state index contributed by atoms with van der Waals surface area (Å²) in [5.74, 6) is 0.119. The highest BCUT2D eigenvalue weighted by molar-refractivity contribution is 5.81. The molecule has 4 heteroatoms. The molecule has 0 radical (unpaired) electrons. The van der Waals surface area contributed by atoms with Crippen molar-refractivity contribution in [1.29, 1.82) is 0 Å². The summed E-state index contributed by atoms with van der Waals surface area (Å²) < 4.78 is 0. The van der Waals surface area contributed by atoms with Gasteiger partial charge in [0.2, 0.25) is 5.91 Å². The van der Waals surface area contributed by atoms with Crippen molar-refractivity contribution in [1.82, 2.24) is 15.5 Å². The second kappa shape index (κ2) is 6.86. The molecule has 0 spiro atoms. The minimum absolute atomic E-state index is 0.0311. The van der Waals surface area contributed by atoms with E-state index in [1.54, 1.807) is 7.05 Å². The van der Waals surface area contributed by atoms with Crippen LogP contribution in [0.25, 0.3) is 0 Å². The van der Waals surface area contributed by atoms with Crippen LogP contribution in [0.2, 0.25) is 0 Å². The van der Waals surface area contributed by atoms with Crippen molar-refractivity contribution in [3.05, 3.63) is 35.9 Å². The van der Waals surface area contributed by atoms with Crippen LogP contribution in [0.1, 0.15) is 25.8 Å². The Bertz CT molecular complexity index is 433. The highest BCUT2D eigenvalue weighted by atomic mass is 16.2. The van der Waals surface area contributed by atoms with Crippen molar-refractivity contribution in [2.24, 2.45) is 0 Å². The molecular weight excluding hydrogens is 250 g/mol. The molecule has 1 aliphatic rings. The van der Waals surface area contributed by atoms with Gasteiger partial charge in [-0.1, -0.05) is 44.2 Å². The molecule has 1 heterocycles.